The molecule has 1 aromatic heterocycles. The first kappa shape index (κ1) is 19.9. The Labute approximate surface area is 152 Å². The van der Waals surface area contributed by atoms with Crippen LogP contribution in [0, 0.1) is 0 Å². The summed E-state index contributed by atoms with van der Waals surface area (Å²) < 4.78 is 5.03. The van der Waals surface area contributed by atoms with E-state index in [0.717, 1.165) is 16.6 Å². The smallest absolute Gasteiger partial charge is 0.254 e. The summed E-state index contributed by atoms with van der Waals surface area (Å²) >= 11 is 0. The normalized spacial score (nSPS) is 14.6. The lowest BCUT2D eigenvalue weighted by atomic mass is 10.1. The molecule has 0 saturated carbocycles. The maximum atomic E-state index is 12.1. The molecule has 2 unspecified atom stereocenters. The van der Waals surface area contributed by atoms with Gasteiger partial charge >= 0.3 is 0 Å². The number of rotatable bonds is 9. The lowest BCUT2D eigenvalue weighted by Crippen LogP contribution is -2.53. The highest BCUT2D eigenvalue weighted by Crippen LogP contribution is 2.16. The Morgan fingerprint density at radius 2 is 2.12 bits per heavy atom. The quantitative estimate of drug-likeness (QED) is 0.519. The van der Waals surface area contributed by atoms with Gasteiger partial charge in [0.2, 0.25) is 5.91 Å². The largest absolute Gasteiger partial charge is 0.393 e. The van der Waals surface area contributed by atoms with Crippen LogP contribution in [0.2, 0.25) is 0 Å². The van der Waals surface area contributed by atoms with Gasteiger partial charge in [-0.2, -0.15) is 5.10 Å². The minimum absolute atomic E-state index is 0.110. The highest BCUT2D eigenvalue weighted by atomic mass is 16.5. The molecule has 1 aromatic carbocycles. The summed E-state index contributed by atoms with van der Waals surface area (Å²) in [5.41, 5.74) is 0.514. The number of hydrogen-bond donors (Lipinski definition) is 4. The molecular weight excluding hydrogens is 336 g/mol. The topological polar surface area (TPSA) is 116 Å². The number of aliphatic hydroxyl groups excluding tert-OH is 1. The molecule has 0 aliphatic carbocycles. The zero-order chi connectivity index (χ0) is 19.2. The van der Waals surface area contributed by atoms with E-state index in [1.165, 1.54) is 14.0 Å². The van der Waals surface area contributed by atoms with E-state index in [-0.39, 0.29) is 11.9 Å². The van der Waals surface area contributed by atoms with Crippen molar-refractivity contribution >= 4 is 22.7 Å². The second kappa shape index (κ2) is 8.77. The Hall–Kier alpha value is -2.45. The first-order valence-corrected chi connectivity index (χ1v) is 8.55. The Bertz CT molecular complexity index is 754. The number of H-pyrrole nitrogens is 1. The number of carbonyl (C=O) groups excluding carboxylic acids is 2. The molecule has 4 N–H and O–H groups in total. The number of fused-ring (bicyclic) bond motifs is 1. The molecular formula is C18H26N4O4. The molecule has 0 bridgehead atoms. The van der Waals surface area contributed by atoms with Gasteiger partial charge in [-0.05, 0) is 26.3 Å². The summed E-state index contributed by atoms with van der Waals surface area (Å²) in [6.45, 7) is 3.14. The van der Waals surface area contributed by atoms with Crippen LogP contribution in [0.4, 0.5) is 0 Å². The van der Waals surface area contributed by atoms with E-state index in [2.05, 4.69) is 20.8 Å². The SMILES string of the molecule is COC(C)(CO)C(=O)NC(C)CNC(=O)CCc1[nH]nc2ccccc12. The average Bonchev–Trinajstić information content (AvgIpc) is 3.07. The van der Waals surface area contributed by atoms with Crippen molar-refractivity contribution in [1.82, 2.24) is 20.8 Å². The Kier molecular flexibility index (Phi) is 6.70. The van der Waals surface area contributed by atoms with Crippen molar-refractivity contribution in [3.63, 3.8) is 0 Å². The lowest BCUT2D eigenvalue weighted by molar-refractivity contribution is -0.146. The van der Waals surface area contributed by atoms with E-state index < -0.39 is 18.1 Å². The number of methoxy groups -OCH3 is 1. The van der Waals surface area contributed by atoms with Crippen LogP contribution in [-0.2, 0) is 20.7 Å². The van der Waals surface area contributed by atoms with E-state index >= 15 is 0 Å². The maximum Gasteiger partial charge on any atom is 0.254 e. The molecule has 0 spiro atoms. The standard InChI is InChI=1S/C18H26N4O4/c1-12(20-17(25)18(2,11-23)26-3)10-19-16(24)9-8-15-13-6-4-5-7-14(13)21-22-15/h4-7,12,23H,8-11H2,1-3H3,(H,19,24)(H,20,25)(H,21,22). The van der Waals surface area contributed by atoms with Gasteiger partial charge in [0.15, 0.2) is 5.60 Å². The van der Waals surface area contributed by atoms with Crippen LogP contribution in [0.15, 0.2) is 24.3 Å². The summed E-state index contributed by atoms with van der Waals surface area (Å²) in [6, 6.07) is 7.45. The number of aliphatic hydroxyl groups is 1. The highest BCUT2D eigenvalue weighted by Gasteiger charge is 2.33. The van der Waals surface area contributed by atoms with Crippen LogP contribution in [0.1, 0.15) is 26.0 Å². The zero-order valence-corrected chi connectivity index (χ0v) is 15.3. The van der Waals surface area contributed by atoms with E-state index in [9.17, 15) is 14.7 Å². The molecule has 2 atom stereocenters. The number of para-hydroxylation sites is 1. The van der Waals surface area contributed by atoms with Gasteiger partial charge in [0, 0.05) is 37.2 Å². The van der Waals surface area contributed by atoms with Gasteiger partial charge in [0.1, 0.15) is 0 Å². The van der Waals surface area contributed by atoms with Crippen LogP contribution in [-0.4, -0.2) is 59.0 Å². The number of amides is 2. The molecule has 2 rings (SSSR count). The van der Waals surface area contributed by atoms with E-state index in [1.807, 2.05) is 24.3 Å². The summed E-state index contributed by atoms with van der Waals surface area (Å²) in [5, 5.41) is 23.0. The molecule has 0 aliphatic rings. The van der Waals surface area contributed by atoms with Gasteiger partial charge in [-0.1, -0.05) is 18.2 Å². The third-order valence-corrected chi connectivity index (χ3v) is 4.36. The first-order chi connectivity index (χ1) is 12.4. The van der Waals surface area contributed by atoms with Gasteiger partial charge in [-0.3, -0.25) is 14.7 Å². The fourth-order valence-electron chi connectivity index (χ4n) is 2.46. The number of nitrogens with one attached hydrogen (secondary N) is 3. The lowest BCUT2D eigenvalue weighted by Gasteiger charge is -2.26. The second-order valence-electron chi connectivity index (χ2n) is 6.49. The molecule has 0 fully saturated rings. The number of ether oxygens (including phenoxy) is 1. The number of aromatic nitrogens is 2. The number of nitrogens with zero attached hydrogens (tertiary/aromatic N) is 1. The number of carbonyl (C=O) groups is 2. The van der Waals surface area contributed by atoms with Crippen LogP contribution in [0.3, 0.4) is 0 Å². The highest BCUT2D eigenvalue weighted by molar-refractivity contribution is 5.85. The molecule has 0 radical (unpaired) electrons. The first-order valence-electron chi connectivity index (χ1n) is 8.55. The fraction of sp³-hybridized carbons (Fsp3) is 0.500. The number of aromatic amines is 1. The monoisotopic (exact) mass is 362 g/mol. The van der Waals surface area contributed by atoms with E-state index in [0.29, 0.717) is 19.4 Å². The molecule has 0 saturated heterocycles. The zero-order valence-electron chi connectivity index (χ0n) is 15.3. The van der Waals surface area contributed by atoms with Crippen LogP contribution >= 0.6 is 0 Å². The summed E-state index contributed by atoms with van der Waals surface area (Å²) in [7, 11) is 1.36. The van der Waals surface area contributed by atoms with Crippen molar-refractivity contribution < 1.29 is 19.4 Å². The number of aryl methyl sites for hydroxylation is 1. The summed E-state index contributed by atoms with van der Waals surface area (Å²) in [5.74, 6) is -0.533. The fourth-order valence-corrected chi connectivity index (χ4v) is 2.46. The minimum atomic E-state index is -1.29. The number of benzene rings is 1. The Morgan fingerprint density at radius 3 is 2.81 bits per heavy atom. The molecule has 8 heteroatoms. The molecule has 0 aliphatic heterocycles. The second-order valence-corrected chi connectivity index (χ2v) is 6.49. The average molecular weight is 362 g/mol. The summed E-state index contributed by atoms with van der Waals surface area (Å²) in [6.07, 6.45) is 0.874. The number of hydrogen-bond acceptors (Lipinski definition) is 5. The predicted octanol–water partition coefficient (Wildman–Crippen LogP) is 0.514. The Balaban J connectivity index is 1.77. The molecule has 8 nitrogen and oxygen atoms in total. The van der Waals surface area contributed by atoms with Crippen molar-refractivity contribution in [2.45, 2.75) is 38.3 Å². The molecule has 2 amide bonds. The van der Waals surface area contributed by atoms with Crippen LogP contribution in [0.25, 0.3) is 10.9 Å². The minimum Gasteiger partial charge on any atom is -0.393 e. The predicted molar refractivity (Wildman–Crippen MR) is 97.5 cm³/mol. The van der Waals surface area contributed by atoms with Crippen molar-refractivity contribution in [1.29, 1.82) is 0 Å². The van der Waals surface area contributed by atoms with E-state index in [1.54, 1.807) is 6.92 Å². The third kappa shape index (κ3) is 4.80. The molecule has 142 valence electrons. The van der Waals surface area contributed by atoms with E-state index in [4.69, 9.17) is 4.74 Å². The molecule has 1 heterocycles. The molecule has 26 heavy (non-hydrogen) atoms. The summed E-state index contributed by atoms with van der Waals surface area (Å²) in [4.78, 5) is 24.1. The third-order valence-electron chi connectivity index (χ3n) is 4.36. The van der Waals surface area contributed by atoms with Crippen LogP contribution < -0.4 is 10.6 Å². The van der Waals surface area contributed by atoms with Gasteiger partial charge in [0.05, 0.1) is 12.1 Å². The van der Waals surface area contributed by atoms with Crippen LogP contribution in [0.5, 0.6) is 0 Å². The maximum absolute atomic E-state index is 12.1. The van der Waals surface area contributed by atoms with Gasteiger partial charge in [-0.15, -0.1) is 0 Å². The Morgan fingerprint density at radius 1 is 1.38 bits per heavy atom. The van der Waals surface area contributed by atoms with Gasteiger partial charge in [-0.25, -0.2) is 0 Å². The van der Waals surface area contributed by atoms with Gasteiger partial charge in [0.25, 0.3) is 5.91 Å². The van der Waals surface area contributed by atoms with Crippen molar-refractivity contribution in [3.05, 3.63) is 30.0 Å². The van der Waals surface area contributed by atoms with Gasteiger partial charge < -0.3 is 20.5 Å². The molecule has 2 aromatic rings. The van der Waals surface area contributed by atoms with Crippen molar-refractivity contribution in [3.8, 4) is 0 Å². The van der Waals surface area contributed by atoms with Crippen molar-refractivity contribution in [2.75, 3.05) is 20.3 Å². The van der Waals surface area contributed by atoms with Crippen molar-refractivity contribution in [2.24, 2.45) is 0 Å².